The van der Waals surface area contributed by atoms with Crippen LogP contribution in [0.4, 0.5) is 5.69 Å². The van der Waals surface area contributed by atoms with Crippen molar-refractivity contribution in [1.29, 1.82) is 0 Å². The number of nitrogens with zero attached hydrogens (tertiary/aromatic N) is 1. The second kappa shape index (κ2) is 6.72. The first-order valence-corrected chi connectivity index (χ1v) is 8.23. The Morgan fingerprint density at radius 2 is 1.42 bits per heavy atom. The zero-order valence-electron chi connectivity index (χ0n) is 13.9. The van der Waals surface area contributed by atoms with Gasteiger partial charge >= 0.3 is 0 Å². The van der Waals surface area contributed by atoms with Gasteiger partial charge in [-0.05, 0) is 35.9 Å². The van der Waals surface area contributed by atoms with Crippen LogP contribution in [0.3, 0.4) is 0 Å². The summed E-state index contributed by atoms with van der Waals surface area (Å²) in [6, 6.07) is 23.8. The summed E-state index contributed by atoms with van der Waals surface area (Å²) in [5, 5.41) is 1.03. The Morgan fingerprint density at radius 3 is 2.15 bits per heavy atom. The number of nitrogens with one attached hydrogen (secondary N) is 1. The molecule has 1 heterocycles. The molecule has 128 valence electrons. The Hall–Kier alpha value is -3.60. The molecular formula is C21H16N2O3. The number of fused-ring (bicyclic) bond motifs is 1. The van der Waals surface area contributed by atoms with Crippen molar-refractivity contribution in [3.05, 3.63) is 95.6 Å². The number of carbonyl (C=O) groups is 2. The molecule has 26 heavy (non-hydrogen) atoms. The number of imide groups is 1. The van der Waals surface area contributed by atoms with Gasteiger partial charge in [-0.3, -0.25) is 15.0 Å². The van der Waals surface area contributed by atoms with E-state index < -0.39 is 0 Å². The Labute approximate surface area is 150 Å². The molecule has 0 aromatic heterocycles. The lowest BCUT2D eigenvalue weighted by atomic mass is 10.1. The summed E-state index contributed by atoms with van der Waals surface area (Å²) in [5.41, 5.74) is 5.26. The van der Waals surface area contributed by atoms with Gasteiger partial charge in [-0.2, -0.15) is 5.01 Å². The van der Waals surface area contributed by atoms with Crippen LogP contribution in [0.2, 0.25) is 0 Å². The van der Waals surface area contributed by atoms with Gasteiger partial charge in [0.1, 0.15) is 12.4 Å². The van der Waals surface area contributed by atoms with E-state index in [4.69, 9.17) is 4.74 Å². The second-order valence-electron chi connectivity index (χ2n) is 5.91. The van der Waals surface area contributed by atoms with Crippen molar-refractivity contribution in [2.24, 2.45) is 0 Å². The third-order valence-electron chi connectivity index (χ3n) is 4.12. The molecule has 5 nitrogen and oxygen atoms in total. The van der Waals surface area contributed by atoms with Gasteiger partial charge in [-0.1, -0.05) is 48.5 Å². The molecule has 0 aliphatic carbocycles. The Morgan fingerprint density at radius 1 is 0.769 bits per heavy atom. The lowest BCUT2D eigenvalue weighted by molar-refractivity contribution is 0.0691. The fraction of sp³-hybridized carbons (Fsp3) is 0.0476. The maximum atomic E-state index is 12.6. The van der Waals surface area contributed by atoms with Crippen molar-refractivity contribution in [2.75, 3.05) is 5.43 Å². The zero-order chi connectivity index (χ0) is 17.9. The van der Waals surface area contributed by atoms with Crippen molar-refractivity contribution in [3.63, 3.8) is 0 Å². The molecule has 0 spiro atoms. The molecule has 3 aromatic rings. The minimum atomic E-state index is -0.390. The number of anilines is 1. The van der Waals surface area contributed by atoms with E-state index in [9.17, 15) is 9.59 Å². The summed E-state index contributed by atoms with van der Waals surface area (Å²) in [7, 11) is 0. The first-order chi connectivity index (χ1) is 12.7. The molecule has 0 bridgehead atoms. The zero-order valence-corrected chi connectivity index (χ0v) is 13.9. The van der Waals surface area contributed by atoms with E-state index in [1.165, 1.54) is 0 Å². The van der Waals surface area contributed by atoms with E-state index in [0.717, 1.165) is 10.6 Å². The van der Waals surface area contributed by atoms with Crippen LogP contribution in [-0.4, -0.2) is 16.8 Å². The highest BCUT2D eigenvalue weighted by atomic mass is 16.5. The van der Waals surface area contributed by atoms with Crippen molar-refractivity contribution in [3.8, 4) is 5.75 Å². The first-order valence-electron chi connectivity index (χ1n) is 8.23. The maximum absolute atomic E-state index is 12.6. The van der Waals surface area contributed by atoms with Gasteiger partial charge in [-0.15, -0.1) is 0 Å². The SMILES string of the molecule is O=C1c2ccc(OCc3ccccc3)cc2C(=O)N1Nc1ccccc1. The maximum Gasteiger partial charge on any atom is 0.280 e. The smallest absolute Gasteiger partial charge is 0.280 e. The predicted octanol–water partition coefficient (Wildman–Crippen LogP) is 3.89. The topological polar surface area (TPSA) is 58.6 Å². The first kappa shape index (κ1) is 15.9. The number of benzene rings is 3. The van der Waals surface area contributed by atoms with E-state index in [0.29, 0.717) is 29.2 Å². The molecule has 1 N–H and O–H groups in total. The quantitative estimate of drug-likeness (QED) is 0.714. The van der Waals surface area contributed by atoms with Crippen LogP contribution in [0.15, 0.2) is 78.9 Å². The fourth-order valence-electron chi connectivity index (χ4n) is 2.79. The number of ether oxygens (including phenoxy) is 1. The number of para-hydroxylation sites is 1. The van der Waals surface area contributed by atoms with Crippen LogP contribution < -0.4 is 10.2 Å². The minimum absolute atomic E-state index is 0.337. The van der Waals surface area contributed by atoms with E-state index >= 15 is 0 Å². The lowest BCUT2D eigenvalue weighted by Crippen LogP contribution is -2.35. The normalized spacial score (nSPS) is 12.8. The molecule has 5 heteroatoms. The van der Waals surface area contributed by atoms with Crippen LogP contribution in [0, 0.1) is 0 Å². The molecule has 1 aliphatic heterocycles. The van der Waals surface area contributed by atoms with Gasteiger partial charge in [0.05, 0.1) is 16.8 Å². The van der Waals surface area contributed by atoms with E-state index in [-0.39, 0.29) is 11.8 Å². The Balaban J connectivity index is 1.52. The summed E-state index contributed by atoms with van der Waals surface area (Å²) in [6.07, 6.45) is 0. The Bertz CT molecular complexity index is 956. The van der Waals surface area contributed by atoms with Gasteiger partial charge in [0.2, 0.25) is 0 Å². The summed E-state index contributed by atoms with van der Waals surface area (Å²) >= 11 is 0. The largest absolute Gasteiger partial charge is 0.489 e. The summed E-state index contributed by atoms with van der Waals surface area (Å²) in [5.74, 6) is -0.210. The summed E-state index contributed by atoms with van der Waals surface area (Å²) < 4.78 is 5.75. The number of rotatable bonds is 5. The molecule has 3 aromatic carbocycles. The molecule has 0 radical (unpaired) electrons. The van der Waals surface area contributed by atoms with Crippen molar-refractivity contribution in [2.45, 2.75) is 6.61 Å². The van der Waals surface area contributed by atoms with Crippen molar-refractivity contribution >= 4 is 17.5 Å². The third-order valence-corrected chi connectivity index (χ3v) is 4.12. The summed E-state index contributed by atoms with van der Waals surface area (Å²) in [4.78, 5) is 25.1. The highest BCUT2D eigenvalue weighted by Crippen LogP contribution is 2.27. The molecule has 2 amide bonds. The number of amides is 2. The Kier molecular flexibility index (Phi) is 4.11. The molecule has 0 unspecified atom stereocenters. The molecule has 0 saturated carbocycles. The van der Waals surface area contributed by atoms with Gasteiger partial charge in [-0.25, -0.2) is 0 Å². The van der Waals surface area contributed by atoms with Crippen LogP contribution in [-0.2, 0) is 6.61 Å². The van der Waals surface area contributed by atoms with Crippen molar-refractivity contribution < 1.29 is 14.3 Å². The third kappa shape index (κ3) is 3.02. The fourth-order valence-corrected chi connectivity index (χ4v) is 2.79. The number of carbonyl (C=O) groups excluding carboxylic acids is 2. The van der Waals surface area contributed by atoms with Gasteiger partial charge in [0.15, 0.2) is 0 Å². The van der Waals surface area contributed by atoms with E-state index in [2.05, 4.69) is 5.43 Å². The standard InChI is InChI=1S/C21H16N2O3/c24-20-18-12-11-17(26-14-15-7-3-1-4-8-15)13-19(18)21(25)23(20)22-16-9-5-2-6-10-16/h1-13,22H,14H2. The molecule has 0 atom stereocenters. The summed E-state index contributed by atoms with van der Waals surface area (Å²) in [6.45, 7) is 0.397. The van der Waals surface area contributed by atoms with Gasteiger partial charge < -0.3 is 4.74 Å². The molecule has 0 fully saturated rings. The second-order valence-corrected chi connectivity index (χ2v) is 5.91. The lowest BCUT2D eigenvalue weighted by Gasteiger charge is -2.16. The highest BCUT2D eigenvalue weighted by Gasteiger charge is 2.36. The number of hydrogen-bond donors (Lipinski definition) is 1. The van der Waals surface area contributed by atoms with E-state index in [1.807, 2.05) is 48.5 Å². The number of hydrogen-bond acceptors (Lipinski definition) is 4. The molecule has 1 aliphatic rings. The average Bonchev–Trinajstić information content (AvgIpc) is 2.92. The number of hydrazine groups is 1. The van der Waals surface area contributed by atoms with Crippen LogP contribution in [0.5, 0.6) is 5.75 Å². The highest BCUT2D eigenvalue weighted by molar-refractivity contribution is 6.22. The minimum Gasteiger partial charge on any atom is -0.489 e. The monoisotopic (exact) mass is 344 g/mol. The van der Waals surface area contributed by atoms with E-state index in [1.54, 1.807) is 30.3 Å². The van der Waals surface area contributed by atoms with Crippen LogP contribution in [0.1, 0.15) is 26.3 Å². The predicted molar refractivity (Wildman–Crippen MR) is 97.8 cm³/mol. The van der Waals surface area contributed by atoms with Gasteiger partial charge in [0.25, 0.3) is 11.8 Å². The van der Waals surface area contributed by atoms with Gasteiger partial charge in [0, 0.05) is 0 Å². The van der Waals surface area contributed by atoms with Crippen molar-refractivity contribution in [1.82, 2.24) is 5.01 Å². The molecule has 4 rings (SSSR count). The van der Waals surface area contributed by atoms with Crippen LogP contribution >= 0.6 is 0 Å². The van der Waals surface area contributed by atoms with Crippen LogP contribution in [0.25, 0.3) is 0 Å². The molecule has 0 saturated heterocycles. The average molecular weight is 344 g/mol. The molecular weight excluding hydrogens is 328 g/mol.